The lowest BCUT2D eigenvalue weighted by Crippen LogP contribution is -2.40. The number of hydrogen-bond donors (Lipinski definition) is 0. The monoisotopic (exact) mass is 303 g/mol. The van der Waals surface area contributed by atoms with Gasteiger partial charge in [-0.3, -0.25) is 4.79 Å². The summed E-state index contributed by atoms with van der Waals surface area (Å²) in [6.45, 7) is 1.76. The van der Waals surface area contributed by atoms with E-state index in [2.05, 4.69) is 0 Å². The molecule has 0 radical (unpaired) electrons. The number of halogens is 2. The van der Waals surface area contributed by atoms with Gasteiger partial charge in [-0.25, -0.2) is 17.2 Å². The molecule has 0 saturated carbocycles. The van der Waals surface area contributed by atoms with E-state index in [1.807, 2.05) is 0 Å². The summed E-state index contributed by atoms with van der Waals surface area (Å²) >= 11 is 0. The third-order valence-electron chi connectivity index (χ3n) is 3.54. The second-order valence-electron chi connectivity index (χ2n) is 4.86. The maximum atomic E-state index is 13.6. The Labute approximate surface area is 116 Å². The number of piperidine rings is 1. The summed E-state index contributed by atoms with van der Waals surface area (Å²) in [7, 11) is -4.06. The van der Waals surface area contributed by atoms with E-state index < -0.39 is 26.6 Å². The van der Waals surface area contributed by atoms with Crippen molar-refractivity contribution in [3.63, 3.8) is 0 Å². The molecule has 0 spiro atoms. The molecular formula is C13H15F2NO3S. The molecule has 0 amide bonds. The Morgan fingerprint density at radius 2 is 1.85 bits per heavy atom. The Bertz CT molecular complexity index is 623. The second kappa shape index (κ2) is 5.57. The van der Waals surface area contributed by atoms with E-state index in [0.717, 1.165) is 16.4 Å². The first-order chi connectivity index (χ1) is 9.32. The summed E-state index contributed by atoms with van der Waals surface area (Å²) in [4.78, 5) is 10.6. The zero-order valence-corrected chi connectivity index (χ0v) is 11.8. The Morgan fingerprint density at radius 1 is 1.25 bits per heavy atom. The predicted molar refractivity (Wildman–Crippen MR) is 68.5 cm³/mol. The van der Waals surface area contributed by atoms with Crippen LogP contribution in [-0.2, 0) is 14.8 Å². The van der Waals surface area contributed by atoms with Crippen LogP contribution < -0.4 is 0 Å². The van der Waals surface area contributed by atoms with Crippen LogP contribution in [0.3, 0.4) is 0 Å². The van der Waals surface area contributed by atoms with E-state index >= 15 is 0 Å². The van der Waals surface area contributed by atoms with Crippen LogP contribution in [0.2, 0.25) is 0 Å². The van der Waals surface area contributed by atoms with Gasteiger partial charge in [-0.2, -0.15) is 4.31 Å². The number of benzene rings is 1. The number of nitrogens with zero attached hydrogens (tertiary/aromatic N) is 1. The molecular weight excluding hydrogens is 288 g/mol. The Kier molecular flexibility index (Phi) is 4.19. The largest absolute Gasteiger partial charge is 0.300 e. The average Bonchev–Trinajstić information content (AvgIpc) is 2.41. The van der Waals surface area contributed by atoms with Gasteiger partial charge in [0.05, 0.1) is 0 Å². The number of ketones is 1. The normalized spacial score (nSPS) is 18.1. The first kappa shape index (κ1) is 15.1. The molecule has 110 valence electrons. The van der Waals surface area contributed by atoms with Gasteiger partial charge in [0.1, 0.15) is 22.3 Å². The molecule has 0 bridgehead atoms. The van der Waals surface area contributed by atoms with Gasteiger partial charge in [-0.15, -0.1) is 0 Å². The minimum atomic E-state index is -4.06. The third kappa shape index (κ3) is 2.88. The standard InChI is InChI=1S/C13H15F2NO3S/c1-9(17)10-4-6-16(7-5-10)20(18,19)13-8-11(14)2-3-12(13)15/h2-3,8,10H,4-7H2,1H3. The highest BCUT2D eigenvalue weighted by Crippen LogP contribution is 2.26. The smallest absolute Gasteiger partial charge is 0.246 e. The zero-order chi connectivity index (χ0) is 14.9. The number of Topliss-reactive ketones (excluding diaryl/α,β-unsaturated/α-hetero) is 1. The van der Waals surface area contributed by atoms with E-state index in [-0.39, 0.29) is 24.8 Å². The van der Waals surface area contributed by atoms with Crippen LogP contribution in [-0.4, -0.2) is 31.6 Å². The summed E-state index contributed by atoms with van der Waals surface area (Å²) in [6, 6.07) is 2.35. The Morgan fingerprint density at radius 3 is 2.40 bits per heavy atom. The minimum Gasteiger partial charge on any atom is -0.300 e. The highest BCUT2D eigenvalue weighted by atomic mass is 32.2. The van der Waals surface area contributed by atoms with Gasteiger partial charge in [0.15, 0.2) is 0 Å². The van der Waals surface area contributed by atoms with Crippen molar-refractivity contribution in [1.82, 2.24) is 4.31 Å². The first-order valence-corrected chi connectivity index (χ1v) is 7.72. The van der Waals surface area contributed by atoms with Gasteiger partial charge in [-0.1, -0.05) is 0 Å². The molecule has 20 heavy (non-hydrogen) atoms. The molecule has 1 heterocycles. The molecule has 4 nitrogen and oxygen atoms in total. The quantitative estimate of drug-likeness (QED) is 0.857. The minimum absolute atomic E-state index is 0.0268. The van der Waals surface area contributed by atoms with Crippen molar-refractivity contribution >= 4 is 15.8 Å². The fraction of sp³-hybridized carbons (Fsp3) is 0.462. The van der Waals surface area contributed by atoms with Gasteiger partial charge in [-0.05, 0) is 38.0 Å². The van der Waals surface area contributed by atoms with Crippen molar-refractivity contribution in [2.24, 2.45) is 5.92 Å². The summed E-state index contributed by atoms with van der Waals surface area (Å²) in [5.41, 5.74) is 0. The summed E-state index contributed by atoms with van der Waals surface area (Å²) in [6.07, 6.45) is 0.816. The maximum absolute atomic E-state index is 13.6. The summed E-state index contributed by atoms with van der Waals surface area (Å²) in [5.74, 6) is -1.90. The van der Waals surface area contributed by atoms with E-state index in [4.69, 9.17) is 0 Å². The highest BCUT2D eigenvalue weighted by Gasteiger charge is 2.32. The molecule has 7 heteroatoms. The van der Waals surface area contributed by atoms with Crippen LogP contribution in [0.25, 0.3) is 0 Å². The van der Waals surface area contributed by atoms with Crippen molar-refractivity contribution in [1.29, 1.82) is 0 Å². The van der Waals surface area contributed by atoms with Crippen LogP contribution in [0.15, 0.2) is 23.1 Å². The fourth-order valence-corrected chi connectivity index (χ4v) is 3.86. The lowest BCUT2D eigenvalue weighted by Gasteiger charge is -2.30. The number of hydrogen-bond acceptors (Lipinski definition) is 3. The molecule has 2 rings (SSSR count). The van der Waals surface area contributed by atoms with E-state index in [0.29, 0.717) is 18.9 Å². The average molecular weight is 303 g/mol. The van der Waals surface area contributed by atoms with Crippen LogP contribution >= 0.6 is 0 Å². The molecule has 0 atom stereocenters. The van der Waals surface area contributed by atoms with Crippen LogP contribution in [0.5, 0.6) is 0 Å². The SMILES string of the molecule is CC(=O)C1CCN(S(=O)(=O)c2cc(F)ccc2F)CC1. The van der Waals surface area contributed by atoms with Crippen molar-refractivity contribution in [3.05, 3.63) is 29.8 Å². The Balaban J connectivity index is 2.24. The van der Waals surface area contributed by atoms with Crippen molar-refractivity contribution in [2.45, 2.75) is 24.7 Å². The van der Waals surface area contributed by atoms with E-state index in [1.54, 1.807) is 0 Å². The molecule has 0 unspecified atom stereocenters. The Hall–Kier alpha value is -1.34. The molecule has 1 aromatic rings. The first-order valence-electron chi connectivity index (χ1n) is 6.28. The van der Waals surface area contributed by atoms with Gasteiger partial charge in [0, 0.05) is 19.0 Å². The molecule has 1 aliphatic heterocycles. The van der Waals surface area contributed by atoms with Crippen molar-refractivity contribution in [2.75, 3.05) is 13.1 Å². The van der Waals surface area contributed by atoms with Crippen LogP contribution in [0, 0.1) is 17.6 Å². The summed E-state index contributed by atoms with van der Waals surface area (Å²) < 4.78 is 52.4. The third-order valence-corrected chi connectivity index (χ3v) is 5.45. The predicted octanol–water partition coefficient (Wildman–Crippen LogP) is 1.95. The van der Waals surface area contributed by atoms with Crippen molar-refractivity contribution in [3.8, 4) is 0 Å². The molecule has 0 aliphatic carbocycles. The van der Waals surface area contributed by atoms with Gasteiger partial charge >= 0.3 is 0 Å². The van der Waals surface area contributed by atoms with Gasteiger partial charge < -0.3 is 0 Å². The molecule has 1 fully saturated rings. The lowest BCUT2D eigenvalue weighted by atomic mass is 9.95. The molecule has 0 N–H and O–H groups in total. The molecule has 0 aromatic heterocycles. The number of rotatable bonds is 3. The van der Waals surface area contributed by atoms with Gasteiger partial charge in [0.2, 0.25) is 10.0 Å². The lowest BCUT2D eigenvalue weighted by molar-refractivity contribution is -0.121. The zero-order valence-electron chi connectivity index (χ0n) is 11.0. The summed E-state index contributed by atoms with van der Waals surface area (Å²) in [5, 5.41) is 0. The highest BCUT2D eigenvalue weighted by molar-refractivity contribution is 7.89. The molecule has 1 aliphatic rings. The van der Waals surface area contributed by atoms with E-state index in [9.17, 15) is 22.0 Å². The van der Waals surface area contributed by atoms with Crippen LogP contribution in [0.1, 0.15) is 19.8 Å². The fourth-order valence-electron chi connectivity index (χ4n) is 2.32. The van der Waals surface area contributed by atoms with E-state index in [1.165, 1.54) is 6.92 Å². The van der Waals surface area contributed by atoms with Crippen molar-refractivity contribution < 1.29 is 22.0 Å². The van der Waals surface area contributed by atoms with Crippen LogP contribution in [0.4, 0.5) is 8.78 Å². The topological polar surface area (TPSA) is 54.5 Å². The maximum Gasteiger partial charge on any atom is 0.246 e. The number of carbonyl (C=O) groups excluding carboxylic acids is 1. The number of sulfonamides is 1. The molecule has 1 saturated heterocycles. The van der Waals surface area contributed by atoms with Gasteiger partial charge in [0.25, 0.3) is 0 Å². The number of carbonyl (C=O) groups is 1. The second-order valence-corrected chi connectivity index (χ2v) is 6.77. The molecule has 1 aromatic carbocycles.